The highest BCUT2D eigenvalue weighted by atomic mass is 16.6. The van der Waals surface area contributed by atoms with Gasteiger partial charge in [-0.3, -0.25) is 19.2 Å². The molecular weight excluding hydrogens is 602 g/mol. The molecular formula is C35H43N5O7. The summed E-state index contributed by atoms with van der Waals surface area (Å²) in [6.45, 7) is 5.51. The smallest absolute Gasteiger partial charge is 0.408 e. The number of fused-ring (bicyclic) bond motifs is 2. The maximum Gasteiger partial charge on any atom is 0.408 e. The Morgan fingerprint density at radius 1 is 1.09 bits per heavy atom. The van der Waals surface area contributed by atoms with Crippen LogP contribution in [-0.4, -0.2) is 81.0 Å². The van der Waals surface area contributed by atoms with Gasteiger partial charge in [-0.25, -0.2) is 4.79 Å². The summed E-state index contributed by atoms with van der Waals surface area (Å²) in [7, 11) is 0. The third-order valence-corrected chi connectivity index (χ3v) is 9.00. The number of benzene rings is 2. The summed E-state index contributed by atoms with van der Waals surface area (Å²) in [5.74, 6) is -2.95. The van der Waals surface area contributed by atoms with E-state index in [1.165, 1.54) is 4.90 Å². The molecule has 2 aliphatic rings. The molecule has 1 aromatic heterocycles. The van der Waals surface area contributed by atoms with Crippen molar-refractivity contribution in [3.8, 4) is 0 Å². The average Bonchev–Trinajstić information content (AvgIpc) is 3.55. The van der Waals surface area contributed by atoms with Crippen LogP contribution in [0.2, 0.25) is 0 Å². The Bertz CT molecular complexity index is 1650. The molecule has 2 aliphatic heterocycles. The number of aromatic nitrogens is 1. The third-order valence-electron chi connectivity index (χ3n) is 9.00. The van der Waals surface area contributed by atoms with Gasteiger partial charge in [0.25, 0.3) is 0 Å². The Balaban J connectivity index is 1.38. The molecule has 5 atom stereocenters. The SMILES string of the molecule is CC(C)(C)OC(=O)N[C@@H](Cc1c[nH]c2ccccc12)C(=O)N[C@H]1CCCN2C(=O)[C@](CC(=O)O)(C(=O)[C@H](N)Cc3ccccc3)C[C@H]12. The second kappa shape index (κ2) is 13.6. The zero-order chi connectivity index (χ0) is 33.9. The number of alkyl carbamates (subject to hydrolysis) is 1. The lowest BCUT2D eigenvalue weighted by molar-refractivity contribution is -0.153. The number of Topliss-reactive ketones (excluding diaryl/α,β-unsaturated/α-hetero) is 1. The predicted octanol–water partition coefficient (Wildman–Crippen LogP) is 3.08. The van der Waals surface area contributed by atoms with Crippen molar-refractivity contribution >= 4 is 40.6 Å². The van der Waals surface area contributed by atoms with Crippen LogP contribution in [0.1, 0.15) is 57.6 Å². The molecule has 47 heavy (non-hydrogen) atoms. The molecule has 12 nitrogen and oxygen atoms in total. The van der Waals surface area contributed by atoms with Gasteiger partial charge in [-0.15, -0.1) is 0 Å². The molecule has 3 heterocycles. The Morgan fingerprint density at radius 2 is 1.79 bits per heavy atom. The molecule has 6 N–H and O–H groups in total. The van der Waals surface area contributed by atoms with Crippen molar-refractivity contribution in [1.82, 2.24) is 20.5 Å². The van der Waals surface area contributed by atoms with E-state index in [2.05, 4.69) is 15.6 Å². The monoisotopic (exact) mass is 645 g/mol. The summed E-state index contributed by atoms with van der Waals surface area (Å²) >= 11 is 0. The number of carboxylic acids is 1. The Labute approximate surface area is 273 Å². The van der Waals surface area contributed by atoms with Crippen molar-refractivity contribution < 1.29 is 33.8 Å². The number of nitrogens with two attached hydrogens (primary N) is 1. The zero-order valence-corrected chi connectivity index (χ0v) is 27.0. The molecule has 250 valence electrons. The maximum absolute atomic E-state index is 14.0. The maximum atomic E-state index is 14.0. The first-order chi connectivity index (χ1) is 22.3. The van der Waals surface area contributed by atoms with Gasteiger partial charge in [0.05, 0.1) is 18.5 Å². The number of hydrogen-bond acceptors (Lipinski definition) is 7. The highest BCUT2D eigenvalue weighted by molar-refractivity contribution is 6.11. The van der Waals surface area contributed by atoms with Gasteiger partial charge in [0.15, 0.2) is 5.78 Å². The number of carbonyl (C=O) groups excluding carboxylic acids is 4. The number of aromatic amines is 1. The van der Waals surface area contributed by atoms with E-state index in [0.717, 1.165) is 22.0 Å². The summed E-state index contributed by atoms with van der Waals surface area (Å²) in [4.78, 5) is 71.5. The predicted molar refractivity (Wildman–Crippen MR) is 174 cm³/mol. The van der Waals surface area contributed by atoms with E-state index in [4.69, 9.17) is 10.5 Å². The fourth-order valence-electron chi connectivity index (χ4n) is 6.93. The minimum Gasteiger partial charge on any atom is -0.481 e. The normalized spacial score (nSPS) is 22.3. The van der Waals surface area contributed by atoms with Crippen LogP contribution in [0.3, 0.4) is 0 Å². The van der Waals surface area contributed by atoms with Gasteiger partial charge in [-0.2, -0.15) is 0 Å². The minimum atomic E-state index is -1.85. The van der Waals surface area contributed by atoms with Crippen LogP contribution in [0.25, 0.3) is 10.9 Å². The summed E-state index contributed by atoms with van der Waals surface area (Å²) in [5, 5.41) is 16.5. The van der Waals surface area contributed by atoms with Gasteiger partial charge in [0, 0.05) is 36.1 Å². The fourth-order valence-corrected chi connectivity index (χ4v) is 6.93. The molecule has 2 fully saturated rings. The second-order valence-electron chi connectivity index (χ2n) is 13.6. The molecule has 0 aliphatic carbocycles. The highest BCUT2D eigenvalue weighted by Gasteiger charge is 2.60. The number of carbonyl (C=O) groups is 5. The van der Waals surface area contributed by atoms with Gasteiger partial charge in [-0.1, -0.05) is 48.5 Å². The number of ketones is 1. The Hall–Kier alpha value is -4.71. The van der Waals surface area contributed by atoms with Crippen LogP contribution in [0.4, 0.5) is 4.79 Å². The zero-order valence-electron chi connectivity index (χ0n) is 27.0. The van der Waals surface area contributed by atoms with Crippen LogP contribution in [0.5, 0.6) is 0 Å². The van der Waals surface area contributed by atoms with Gasteiger partial charge < -0.3 is 36.1 Å². The van der Waals surface area contributed by atoms with E-state index in [1.54, 1.807) is 27.0 Å². The van der Waals surface area contributed by atoms with E-state index >= 15 is 0 Å². The number of ether oxygens (including phenoxy) is 1. The largest absolute Gasteiger partial charge is 0.481 e. The van der Waals surface area contributed by atoms with Crippen LogP contribution < -0.4 is 16.4 Å². The minimum absolute atomic E-state index is 0.0863. The summed E-state index contributed by atoms with van der Waals surface area (Å²) in [6.07, 6.45) is 1.62. The third kappa shape index (κ3) is 7.48. The summed E-state index contributed by atoms with van der Waals surface area (Å²) < 4.78 is 5.46. The van der Waals surface area contributed by atoms with E-state index < -0.39 is 71.3 Å². The molecule has 0 unspecified atom stereocenters. The lowest BCUT2D eigenvalue weighted by Gasteiger charge is -2.37. The lowest BCUT2D eigenvalue weighted by Crippen LogP contribution is -2.58. The molecule has 2 aromatic carbocycles. The molecule has 0 radical (unpaired) electrons. The van der Waals surface area contributed by atoms with Crippen molar-refractivity contribution in [3.63, 3.8) is 0 Å². The molecule has 5 rings (SSSR count). The number of aliphatic carboxylic acids is 1. The first-order valence-electron chi connectivity index (χ1n) is 16.0. The fraction of sp³-hybridized carbons (Fsp3) is 0.457. The van der Waals surface area contributed by atoms with Crippen molar-refractivity contribution in [2.75, 3.05) is 6.54 Å². The van der Waals surface area contributed by atoms with Crippen molar-refractivity contribution in [2.45, 2.75) is 89.1 Å². The van der Waals surface area contributed by atoms with Crippen LogP contribution >= 0.6 is 0 Å². The Kier molecular flexibility index (Phi) is 9.71. The van der Waals surface area contributed by atoms with Crippen LogP contribution in [0.15, 0.2) is 60.8 Å². The van der Waals surface area contributed by atoms with Crippen molar-refractivity contribution in [1.29, 1.82) is 0 Å². The molecule has 0 spiro atoms. The lowest BCUT2D eigenvalue weighted by atomic mass is 9.73. The summed E-state index contributed by atoms with van der Waals surface area (Å²) in [6, 6.07) is 13.4. The molecule has 0 saturated carbocycles. The highest BCUT2D eigenvalue weighted by Crippen LogP contribution is 2.44. The number of hydrogen-bond donors (Lipinski definition) is 5. The first-order valence-corrected chi connectivity index (χ1v) is 16.0. The molecule has 2 saturated heterocycles. The molecule has 12 heteroatoms. The first kappa shape index (κ1) is 33.6. The van der Waals surface area contributed by atoms with Crippen molar-refractivity contribution in [2.24, 2.45) is 11.1 Å². The number of rotatable bonds is 11. The van der Waals surface area contributed by atoms with E-state index in [9.17, 15) is 29.1 Å². The number of nitrogens with zero attached hydrogens (tertiary/aromatic N) is 1. The molecule has 3 amide bonds. The van der Waals surface area contributed by atoms with Gasteiger partial charge in [0.1, 0.15) is 17.1 Å². The topological polar surface area (TPSA) is 184 Å². The van der Waals surface area contributed by atoms with Gasteiger partial charge >= 0.3 is 12.1 Å². The van der Waals surface area contributed by atoms with E-state index in [-0.39, 0.29) is 19.3 Å². The van der Waals surface area contributed by atoms with E-state index in [1.807, 2.05) is 54.6 Å². The number of para-hydroxylation sites is 1. The quantitative estimate of drug-likeness (QED) is 0.197. The van der Waals surface area contributed by atoms with E-state index in [0.29, 0.717) is 19.4 Å². The summed E-state index contributed by atoms with van der Waals surface area (Å²) in [5.41, 5.74) is 6.21. The standard InChI is InChI=1S/C35H43N5O7/c1-34(2,3)47-33(46)39-27(17-22-20-37-25-13-8-7-12-23(22)25)31(44)38-26-14-9-15-40-28(26)18-35(32(40)45,19-29(41)42)30(43)24(36)16-21-10-5-4-6-11-21/h4-8,10-13,20,24,26-28,37H,9,14-19,36H2,1-3H3,(H,38,44)(H,39,46)(H,41,42)/t24-,26+,27+,28-,35-/m1/s1. The Morgan fingerprint density at radius 3 is 2.49 bits per heavy atom. The van der Waals surface area contributed by atoms with Crippen LogP contribution in [-0.2, 0) is 36.8 Å². The van der Waals surface area contributed by atoms with Gasteiger partial charge in [-0.05, 0) is 63.6 Å². The van der Waals surface area contributed by atoms with Crippen molar-refractivity contribution in [3.05, 3.63) is 71.9 Å². The number of carboxylic acid groups (broad SMARTS) is 1. The van der Waals surface area contributed by atoms with Gasteiger partial charge in [0.2, 0.25) is 11.8 Å². The number of piperidine rings is 1. The second-order valence-corrected chi connectivity index (χ2v) is 13.6. The van der Waals surface area contributed by atoms with Crippen LogP contribution in [0, 0.1) is 5.41 Å². The number of nitrogens with one attached hydrogen (secondary N) is 3. The molecule has 0 bridgehead atoms. The number of amides is 3. The molecule has 3 aromatic rings. The number of H-pyrrole nitrogens is 1. The average molecular weight is 646 g/mol.